The molecule has 3 aromatic heterocycles. The Labute approximate surface area is 150 Å². The summed E-state index contributed by atoms with van der Waals surface area (Å²) in [6, 6.07) is 5.52. The first-order valence-corrected chi connectivity index (χ1v) is 8.42. The van der Waals surface area contributed by atoms with E-state index >= 15 is 0 Å². The van der Waals surface area contributed by atoms with Crippen LogP contribution in [0.25, 0.3) is 0 Å². The standard InChI is InChI=1S/C18H17N7O/c26-18(24-11-3-4-12-24)16-17(23-10-9-22-16)25(14-5-1-2-6-20-14)15-13-19-7-8-21-15/h1-2,5-10,13H,3-4,11-12H2. The molecule has 0 spiro atoms. The fraction of sp³-hybridized carbons (Fsp3) is 0.222. The second-order valence-electron chi connectivity index (χ2n) is 5.81. The molecule has 0 aliphatic carbocycles. The van der Waals surface area contributed by atoms with Gasteiger partial charge in [0, 0.05) is 44.1 Å². The molecule has 1 aliphatic heterocycles. The summed E-state index contributed by atoms with van der Waals surface area (Å²) in [5.41, 5.74) is 0.283. The second kappa shape index (κ2) is 7.22. The molecule has 8 nitrogen and oxygen atoms in total. The lowest BCUT2D eigenvalue weighted by Gasteiger charge is -2.24. The van der Waals surface area contributed by atoms with Gasteiger partial charge < -0.3 is 4.90 Å². The summed E-state index contributed by atoms with van der Waals surface area (Å²) in [6.45, 7) is 1.48. The highest BCUT2D eigenvalue weighted by Gasteiger charge is 2.28. The van der Waals surface area contributed by atoms with Crippen molar-refractivity contribution in [1.82, 2.24) is 29.8 Å². The van der Waals surface area contributed by atoms with Crippen LogP contribution < -0.4 is 4.90 Å². The zero-order valence-electron chi connectivity index (χ0n) is 14.1. The molecule has 0 bridgehead atoms. The van der Waals surface area contributed by atoms with Gasteiger partial charge >= 0.3 is 0 Å². The largest absolute Gasteiger partial charge is 0.337 e. The van der Waals surface area contributed by atoms with Crippen molar-refractivity contribution in [3.63, 3.8) is 0 Å². The van der Waals surface area contributed by atoms with Crippen molar-refractivity contribution >= 4 is 23.4 Å². The Morgan fingerprint density at radius 2 is 1.65 bits per heavy atom. The SMILES string of the molecule is O=C(c1nccnc1N(c1ccccn1)c1cnccn1)N1CCCC1. The van der Waals surface area contributed by atoms with Gasteiger partial charge in [-0.15, -0.1) is 0 Å². The smallest absolute Gasteiger partial charge is 0.276 e. The highest BCUT2D eigenvalue weighted by atomic mass is 16.2. The minimum Gasteiger partial charge on any atom is -0.337 e. The molecular weight excluding hydrogens is 330 g/mol. The molecule has 4 rings (SSSR count). The number of carbonyl (C=O) groups is 1. The van der Waals surface area contributed by atoms with Crippen molar-refractivity contribution in [2.45, 2.75) is 12.8 Å². The summed E-state index contributed by atoms with van der Waals surface area (Å²) in [4.78, 5) is 38.1. The Balaban J connectivity index is 1.83. The van der Waals surface area contributed by atoms with E-state index in [0.29, 0.717) is 17.5 Å². The Hall–Kier alpha value is -3.42. The van der Waals surface area contributed by atoms with Gasteiger partial charge in [-0.1, -0.05) is 6.07 Å². The average molecular weight is 347 g/mol. The van der Waals surface area contributed by atoms with Gasteiger partial charge in [-0.2, -0.15) is 0 Å². The zero-order valence-corrected chi connectivity index (χ0v) is 14.1. The molecule has 0 atom stereocenters. The Morgan fingerprint density at radius 1 is 0.885 bits per heavy atom. The van der Waals surface area contributed by atoms with Gasteiger partial charge in [0.25, 0.3) is 5.91 Å². The van der Waals surface area contributed by atoms with E-state index in [2.05, 4.69) is 24.9 Å². The topological polar surface area (TPSA) is 88.0 Å². The highest BCUT2D eigenvalue weighted by molar-refractivity contribution is 5.98. The van der Waals surface area contributed by atoms with Crippen LogP contribution in [0, 0.1) is 0 Å². The molecule has 3 aromatic rings. The van der Waals surface area contributed by atoms with Crippen LogP contribution >= 0.6 is 0 Å². The lowest BCUT2D eigenvalue weighted by molar-refractivity contribution is 0.0787. The third-order valence-electron chi connectivity index (χ3n) is 4.14. The Morgan fingerprint density at radius 3 is 2.38 bits per heavy atom. The second-order valence-corrected chi connectivity index (χ2v) is 5.81. The highest BCUT2D eigenvalue weighted by Crippen LogP contribution is 2.31. The molecular formula is C18H17N7O. The number of hydrogen-bond donors (Lipinski definition) is 0. The fourth-order valence-electron chi connectivity index (χ4n) is 2.94. The minimum atomic E-state index is -0.129. The maximum atomic E-state index is 13.0. The van der Waals surface area contributed by atoms with E-state index in [1.807, 2.05) is 18.2 Å². The van der Waals surface area contributed by atoms with Crippen molar-refractivity contribution in [3.05, 3.63) is 61.1 Å². The van der Waals surface area contributed by atoms with Gasteiger partial charge in [0.05, 0.1) is 6.20 Å². The normalized spacial score (nSPS) is 13.6. The number of pyridine rings is 1. The molecule has 0 saturated carbocycles. The van der Waals surface area contributed by atoms with E-state index in [4.69, 9.17) is 0 Å². The molecule has 0 radical (unpaired) electrons. The van der Waals surface area contributed by atoms with Crippen molar-refractivity contribution in [3.8, 4) is 0 Å². The number of aromatic nitrogens is 5. The maximum Gasteiger partial charge on any atom is 0.276 e. The van der Waals surface area contributed by atoms with E-state index < -0.39 is 0 Å². The van der Waals surface area contributed by atoms with Crippen molar-refractivity contribution in [2.24, 2.45) is 0 Å². The Bertz CT molecular complexity index is 843. The number of amides is 1. The maximum absolute atomic E-state index is 13.0. The average Bonchev–Trinajstić information content (AvgIpc) is 3.25. The van der Waals surface area contributed by atoms with Crippen LogP contribution in [0.1, 0.15) is 23.3 Å². The minimum absolute atomic E-state index is 0.129. The molecule has 1 saturated heterocycles. The number of rotatable bonds is 4. The van der Waals surface area contributed by atoms with Crippen LogP contribution in [0.15, 0.2) is 55.4 Å². The zero-order chi connectivity index (χ0) is 17.8. The molecule has 0 aromatic carbocycles. The third-order valence-corrected chi connectivity index (χ3v) is 4.14. The quantitative estimate of drug-likeness (QED) is 0.716. The molecule has 1 aliphatic rings. The molecule has 130 valence electrons. The first kappa shape index (κ1) is 16.1. The van der Waals surface area contributed by atoms with E-state index in [0.717, 1.165) is 25.9 Å². The molecule has 4 heterocycles. The molecule has 0 N–H and O–H groups in total. The summed E-state index contributed by atoms with van der Waals surface area (Å²) in [7, 11) is 0. The fourth-order valence-corrected chi connectivity index (χ4v) is 2.94. The number of hydrogen-bond acceptors (Lipinski definition) is 7. The number of anilines is 3. The van der Waals surface area contributed by atoms with Crippen LogP contribution in [0.5, 0.6) is 0 Å². The first-order valence-electron chi connectivity index (χ1n) is 8.42. The molecule has 26 heavy (non-hydrogen) atoms. The van der Waals surface area contributed by atoms with E-state index in [9.17, 15) is 4.79 Å². The lowest BCUT2D eigenvalue weighted by atomic mass is 10.3. The van der Waals surface area contributed by atoms with Gasteiger partial charge in [-0.25, -0.2) is 19.9 Å². The molecule has 1 fully saturated rings. The van der Waals surface area contributed by atoms with Crippen LogP contribution in [0.2, 0.25) is 0 Å². The van der Waals surface area contributed by atoms with Crippen LogP contribution in [0.4, 0.5) is 17.5 Å². The van der Waals surface area contributed by atoms with Crippen LogP contribution in [0.3, 0.4) is 0 Å². The van der Waals surface area contributed by atoms with Crippen LogP contribution in [-0.2, 0) is 0 Å². The Kier molecular flexibility index (Phi) is 4.46. The monoisotopic (exact) mass is 347 g/mol. The van der Waals surface area contributed by atoms with Gasteiger partial charge in [0.2, 0.25) is 0 Å². The van der Waals surface area contributed by atoms with Crippen LogP contribution in [-0.4, -0.2) is 48.8 Å². The van der Waals surface area contributed by atoms with E-state index in [1.165, 1.54) is 6.20 Å². The van der Waals surface area contributed by atoms with Gasteiger partial charge in [0.15, 0.2) is 17.3 Å². The molecule has 8 heteroatoms. The summed E-state index contributed by atoms with van der Waals surface area (Å²) in [5, 5.41) is 0. The van der Waals surface area contributed by atoms with Crippen molar-refractivity contribution < 1.29 is 4.79 Å². The first-order chi connectivity index (χ1) is 12.8. The lowest BCUT2D eigenvalue weighted by Crippen LogP contribution is -2.30. The van der Waals surface area contributed by atoms with E-state index in [1.54, 1.807) is 40.8 Å². The van der Waals surface area contributed by atoms with Gasteiger partial charge in [0.1, 0.15) is 5.82 Å². The number of nitrogens with zero attached hydrogens (tertiary/aromatic N) is 7. The summed E-state index contributed by atoms with van der Waals surface area (Å²) >= 11 is 0. The number of carbonyl (C=O) groups excluding carboxylic acids is 1. The number of likely N-dealkylation sites (tertiary alicyclic amines) is 1. The predicted molar refractivity (Wildman–Crippen MR) is 95.2 cm³/mol. The third kappa shape index (κ3) is 3.08. The predicted octanol–water partition coefficient (Wildman–Crippen LogP) is 2.37. The summed E-state index contributed by atoms with van der Waals surface area (Å²) < 4.78 is 0. The van der Waals surface area contributed by atoms with E-state index in [-0.39, 0.29) is 11.6 Å². The summed E-state index contributed by atoms with van der Waals surface area (Å²) in [6.07, 6.45) is 11.6. The van der Waals surface area contributed by atoms with Crippen molar-refractivity contribution in [2.75, 3.05) is 18.0 Å². The molecule has 1 amide bonds. The molecule has 0 unspecified atom stereocenters. The summed E-state index contributed by atoms with van der Waals surface area (Å²) in [5.74, 6) is 1.37. The van der Waals surface area contributed by atoms with Crippen molar-refractivity contribution in [1.29, 1.82) is 0 Å². The van der Waals surface area contributed by atoms with Gasteiger partial charge in [-0.05, 0) is 25.0 Å². The van der Waals surface area contributed by atoms with Gasteiger partial charge in [-0.3, -0.25) is 14.7 Å².